The van der Waals surface area contributed by atoms with Gasteiger partial charge in [-0.2, -0.15) is 0 Å². The van der Waals surface area contributed by atoms with Gasteiger partial charge in [-0.1, -0.05) is 193 Å². The first-order chi connectivity index (χ1) is 25.8. The highest BCUT2D eigenvalue weighted by Crippen LogP contribution is 2.16. The number of rotatable bonds is 35. The van der Waals surface area contributed by atoms with E-state index in [2.05, 4.69) is 53.1 Å². The molecule has 1 aliphatic heterocycles. The van der Waals surface area contributed by atoms with Crippen molar-refractivity contribution in [2.24, 2.45) is 0 Å². The van der Waals surface area contributed by atoms with Gasteiger partial charge in [0.2, 0.25) is 0 Å². The number of hydrogen-bond donors (Lipinski definition) is 0. The third-order valence-electron chi connectivity index (χ3n) is 11.4. The lowest BCUT2D eigenvalue weighted by atomic mass is 10.0. The maximum Gasteiger partial charge on any atom is 0.186 e. The zero-order valence-corrected chi connectivity index (χ0v) is 36.4. The van der Waals surface area contributed by atoms with E-state index in [0.717, 1.165) is 52.1 Å². The Morgan fingerprint density at radius 1 is 0.472 bits per heavy atom. The minimum absolute atomic E-state index is 0.340. The lowest BCUT2D eigenvalue weighted by Crippen LogP contribution is -2.64. The molecule has 0 aromatic carbocycles. The molecular weight excluding hydrogens is 653 g/mol. The average Bonchev–Trinajstić information content (AvgIpc) is 3.21. The monoisotopic (exact) mass is 745 g/mol. The summed E-state index contributed by atoms with van der Waals surface area (Å²) in [6, 6.07) is 0. The van der Waals surface area contributed by atoms with Gasteiger partial charge in [-0.3, -0.25) is 0 Å². The Hall–Kier alpha value is -1.53. The summed E-state index contributed by atoms with van der Waals surface area (Å²) in [5.74, 6) is -0.975. The highest BCUT2D eigenvalue weighted by molar-refractivity contribution is 5.69. The number of carbonyl (C=O) groups is 1. The van der Waals surface area contributed by atoms with Crippen molar-refractivity contribution in [3.63, 3.8) is 0 Å². The van der Waals surface area contributed by atoms with Crippen molar-refractivity contribution in [1.82, 2.24) is 14.7 Å². The molecule has 0 bridgehead atoms. The second-order valence-electron chi connectivity index (χ2n) is 17.5. The van der Waals surface area contributed by atoms with Crippen molar-refractivity contribution in [2.75, 3.05) is 60.4 Å². The van der Waals surface area contributed by atoms with E-state index in [0.29, 0.717) is 4.48 Å². The van der Waals surface area contributed by atoms with Gasteiger partial charge in [-0.25, -0.2) is 4.90 Å². The fourth-order valence-corrected chi connectivity index (χ4v) is 7.96. The fourth-order valence-electron chi connectivity index (χ4n) is 7.96. The van der Waals surface area contributed by atoms with E-state index in [1.165, 1.54) is 180 Å². The third-order valence-corrected chi connectivity index (χ3v) is 11.4. The molecule has 6 heteroatoms. The van der Waals surface area contributed by atoms with Gasteiger partial charge in [-0.15, -0.1) is 0 Å². The molecule has 53 heavy (non-hydrogen) atoms. The molecule has 1 rings (SSSR count). The molecule has 1 saturated heterocycles. The summed E-state index contributed by atoms with van der Waals surface area (Å²) in [6.45, 7) is 9.66. The van der Waals surface area contributed by atoms with Gasteiger partial charge >= 0.3 is 0 Å². The highest BCUT2D eigenvalue weighted by Gasteiger charge is 2.32. The second-order valence-corrected chi connectivity index (χ2v) is 17.5. The van der Waals surface area contributed by atoms with Crippen molar-refractivity contribution in [2.45, 2.75) is 213 Å². The number of quaternary nitrogens is 1. The molecule has 0 amide bonds. The van der Waals surface area contributed by atoms with Gasteiger partial charge in [0, 0.05) is 39.3 Å². The highest BCUT2D eigenvalue weighted by atomic mass is 16.4. The quantitative estimate of drug-likeness (QED) is 0.0478. The maximum absolute atomic E-state index is 12.3. The number of allylic oxidation sites excluding steroid dienone is 2. The van der Waals surface area contributed by atoms with Crippen LogP contribution in [-0.2, 0) is 4.79 Å². The van der Waals surface area contributed by atoms with E-state index in [1.54, 1.807) is 0 Å². The number of likely N-dealkylation sites (N-methyl/N-ethyl adjacent to an activating group) is 1. The number of hydrogen-bond acceptors (Lipinski definition) is 5. The number of carboxylic acid groups (broad SMARTS) is 1. The zero-order chi connectivity index (χ0) is 38.7. The van der Waals surface area contributed by atoms with E-state index in [-0.39, 0.29) is 0 Å². The molecule has 0 aromatic heterocycles. The first kappa shape index (κ1) is 49.5. The Labute approximate surface area is 331 Å². The first-order valence-electron chi connectivity index (χ1n) is 23.4. The predicted molar refractivity (Wildman–Crippen MR) is 230 cm³/mol. The van der Waals surface area contributed by atoms with Gasteiger partial charge < -0.3 is 24.2 Å². The molecule has 0 aliphatic carbocycles. The van der Waals surface area contributed by atoms with Crippen LogP contribution in [0, 0.1) is 0 Å². The number of aliphatic carboxylic acids is 1. The molecule has 1 unspecified atom stereocenters. The molecule has 0 spiro atoms. The lowest BCUT2D eigenvalue weighted by molar-refractivity contribution is -0.901. The van der Waals surface area contributed by atoms with Gasteiger partial charge in [0.05, 0.1) is 21.1 Å². The van der Waals surface area contributed by atoms with Gasteiger partial charge in [-0.05, 0) is 38.1 Å². The van der Waals surface area contributed by atoms with Gasteiger partial charge in [0.25, 0.3) is 0 Å². The molecule has 0 N–H and O–H groups in total. The molecule has 1 aliphatic rings. The van der Waals surface area contributed by atoms with Crippen molar-refractivity contribution >= 4 is 5.97 Å². The summed E-state index contributed by atoms with van der Waals surface area (Å²) < 4.78 is 0.340. The van der Waals surface area contributed by atoms with E-state index in [4.69, 9.17) is 0 Å². The number of unbranched alkanes of at least 4 members (excludes halogenated alkanes) is 28. The van der Waals surface area contributed by atoms with E-state index >= 15 is 0 Å². The number of nitrogens with zero attached hydrogens (tertiary/aromatic N) is 4. The van der Waals surface area contributed by atoms with Crippen LogP contribution in [0.1, 0.15) is 206 Å². The molecule has 312 valence electrons. The first-order valence-corrected chi connectivity index (χ1v) is 23.4. The zero-order valence-electron chi connectivity index (χ0n) is 36.4. The van der Waals surface area contributed by atoms with Crippen LogP contribution in [-0.4, -0.2) is 91.7 Å². The van der Waals surface area contributed by atoms with E-state index < -0.39 is 12.1 Å². The Balaban J connectivity index is 2.38. The maximum atomic E-state index is 12.3. The second kappa shape index (κ2) is 34.9. The molecule has 0 saturated carbocycles. The summed E-state index contributed by atoms with van der Waals surface area (Å²) >= 11 is 0. The van der Waals surface area contributed by atoms with Gasteiger partial charge in [0.15, 0.2) is 6.17 Å². The van der Waals surface area contributed by atoms with Gasteiger partial charge in [0.1, 0.15) is 5.97 Å². The Bertz CT molecular complexity index is 815. The Kier molecular flexibility index (Phi) is 32.6. The lowest BCUT2D eigenvalue weighted by Gasteiger charge is -2.42. The molecule has 0 radical (unpaired) electrons. The Morgan fingerprint density at radius 2 is 0.736 bits per heavy atom. The van der Waals surface area contributed by atoms with Crippen molar-refractivity contribution < 1.29 is 14.4 Å². The normalized spacial score (nSPS) is 15.7. The van der Waals surface area contributed by atoms with Crippen LogP contribution < -0.4 is 5.11 Å². The molecule has 1 atom stereocenters. The smallest absolute Gasteiger partial charge is 0.186 e. The summed E-state index contributed by atoms with van der Waals surface area (Å²) in [5.41, 5.74) is 0. The Morgan fingerprint density at radius 3 is 1.00 bits per heavy atom. The standard InChI is InChI=1S/C47H92N4O2/c1-6-8-10-12-14-16-18-20-22-24-26-28-30-32-34-36-38-48-40-41-49(43-45-50(44-42-48)46(47(52)53)51(3,4)5)39-37-35-33-31-29-27-25-23-21-19-17-15-13-11-9-7-2/h36-39,46H,6-35,40-45H2,1-5H3/b38-36+,39-37+. The van der Waals surface area contributed by atoms with Crippen LogP contribution in [0.2, 0.25) is 0 Å². The van der Waals surface area contributed by atoms with Crippen LogP contribution in [0.25, 0.3) is 0 Å². The predicted octanol–water partition coefficient (Wildman–Crippen LogP) is 11.5. The summed E-state index contributed by atoms with van der Waals surface area (Å²) in [6.07, 6.45) is 49.9. The SMILES string of the molecule is CCCCCCCCCCCCCCCC/C=C/N1CCN(/C=C/CCCCCCCCCCCCCCCC)CCN(C(C(=O)[O-])[N+](C)(C)C)CC1. The number of carbonyl (C=O) groups excluding carboxylic acids is 1. The molecule has 1 heterocycles. The van der Waals surface area contributed by atoms with E-state index in [9.17, 15) is 9.90 Å². The van der Waals surface area contributed by atoms with Crippen molar-refractivity contribution in [1.29, 1.82) is 0 Å². The van der Waals surface area contributed by atoms with Crippen LogP contribution in [0.15, 0.2) is 24.6 Å². The summed E-state index contributed by atoms with van der Waals surface area (Å²) in [5, 5.41) is 12.3. The fraction of sp³-hybridized carbons (Fsp3) is 0.894. The molecule has 0 aromatic rings. The van der Waals surface area contributed by atoms with E-state index in [1.807, 2.05) is 21.1 Å². The minimum atomic E-state index is -0.975. The third kappa shape index (κ3) is 29.4. The largest absolute Gasteiger partial charge is 0.543 e. The molecule has 1 fully saturated rings. The summed E-state index contributed by atoms with van der Waals surface area (Å²) in [4.78, 5) is 19.3. The van der Waals surface area contributed by atoms with Crippen molar-refractivity contribution in [3.8, 4) is 0 Å². The molecular formula is C47H92N4O2. The molecule has 6 nitrogen and oxygen atoms in total. The average molecular weight is 745 g/mol. The summed E-state index contributed by atoms with van der Waals surface area (Å²) in [7, 11) is 5.90. The van der Waals surface area contributed by atoms with Crippen LogP contribution in [0.3, 0.4) is 0 Å². The minimum Gasteiger partial charge on any atom is -0.543 e. The van der Waals surface area contributed by atoms with Crippen LogP contribution in [0.5, 0.6) is 0 Å². The van der Waals surface area contributed by atoms with Crippen LogP contribution >= 0.6 is 0 Å². The number of carboxylic acids is 1. The topological polar surface area (TPSA) is 49.8 Å². The van der Waals surface area contributed by atoms with Crippen LogP contribution in [0.4, 0.5) is 0 Å². The van der Waals surface area contributed by atoms with Crippen molar-refractivity contribution in [3.05, 3.63) is 24.6 Å².